The number of nitrogens with two attached hydrogens (primary N) is 1. The first-order valence-corrected chi connectivity index (χ1v) is 8.32. The average molecular weight is 376 g/mol. The Labute approximate surface area is 150 Å². The molecule has 1 aromatic rings. The van der Waals surface area contributed by atoms with Crippen molar-refractivity contribution in [3.8, 4) is 0 Å². The molecule has 0 radical (unpaired) electrons. The van der Waals surface area contributed by atoms with Crippen LogP contribution in [0.4, 0.5) is 0 Å². The van der Waals surface area contributed by atoms with Crippen molar-refractivity contribution in [3.63, 3.8) is 0 Å². The Morgan fingerprint density at radius 2 is 2.04 bits per heavy atom. The predicted octanol–water partition coefficient (Wildman–Crippen LogP) is 4.31. The lowest BCUT2D eigenvalue weighted by molar-refractivity contribution is -0.140. The van der Waals surface area contributed by atoms with Crippen LogP contribution < -0.4 is 5.73 Å². The van der Waals surface area contributed by atoms with Gasteiger partial charge in [0.05, 0.1) is 15.8 Å². The lowest BCUT2D eigenvalue weighted by Crippen LogP contribution is -2.44. The minimum atomic E-state index is -1.05. The minimum absolute atomic E-state index is 0.113. The molecule has 0 spiro atoms. The van der Waals surface area contributed by atoms with Crippen molar-refractivity contribution in [2.75, 3.05) is 6.54 Å². The molecular formula is C16H17Cl3N2O2. The molecule has 0 aliphatic carbocycles. The van der Waals surface area contributed by atoms with E-state index in [4.69, 9.17) is 40.5 Å². The van der Waals surface area contributed by atoms with Crippen LogP contribution >= 0.6 is 34.8 Å². The number of halogens is 3. The fourth-order valence-corrected chi connectivity index (χ4v) is 3.25. The van der Waals surface area contributed by atoms with Gasteiger partial charge in [-0.25, -0.2) is 4.79 Å². The molecule has 0 saturated heterocycles. The van der Waals surface area contributed by atoms with Crippen molar-refractivity contribution >= 4 is 46.5 Å². The van der Waals surface area contributed by atoms with Crippen LogP contribution in [0.5, 0.6) is 0 Å². The molecule has 1 aliphatic rings. The lowest BCUT2D eigenvalue weighted by Gasteiger charge is -2.36. The van der Waals surface area contributed by atoms with Crippen molar-refractivity contribution in [1.29, 1.82) is 0 Å². The molecule has 1 unspecified atom stereocenters. The molecule has 0 amide bonds. The van der Waals surface area contributed by atoms with E-state index in [-0.39, 0.29) is 10.7 Å². The Morgan fingerprint density at radius 1 is 1.35 bits per heavy atom. The van der Waals surface area contributed by atoms with Gasteiger partial charge in [-0.2, -0.15) is 0 Å². The van der Waals surface area contributed by atoms with E-state index in [1.807, 2.05) is 6.92 Å². The lowest BCUT2D eigenvalue weighted by atomic mass is 10.0. The largest absolute Gasteiger partial charge is 0.479 e. The summed E-state index contributed by atoms with van der Waals surface area (Å²) in [6.07, 6.45) is 3.39. The Morgan fingerprint density at radius 3 is 2.61 bits per heavy atom. The first-order valence-electron chi connectivity index (χ1n) is 7.18. The van der Waals surface area contributed by atoms with E-state index >= 15 is 0 Å². The minimum Gasteiger partial charge on any atom is -0.479 e. The molecule has 0 fully saturated rings. The third-order valence-electron chi connectivity index (χ3n) is 3.62. The van der Waals surface area contributed by atoms with Crippen molar-refractivity contribution in [2.24, 2.45) is 5.73 Å². The molecule has 2 rings (SSSR count). The zero-order valence-corrected chi connectivity index (χ0v) is 14.8. The maximum absolute atomic E-state index is 11.7. The van der Waals surface area contributed by atoms with Crippen molar-refractivity contribution in [3.05, 3.63) is 50.6 Å². The van der Waals surface area contributed by atoms with Gasteiger partial charge in [-0.1, -0.05) is 48.1 Å². The monoisotopic (exact) mass is 374 g/mol. The van der Waals surface area contributed by atoms with E-state index < -0.39 is 12.0 Å². The van der Waals surface area contributed by atoms with E-state index in [2.05, 4.69) is 0 Å². The molecule has 7 heteroatoms. The summed E-state index contributed by atoms with van der Waals surface area (Å²) in [5.74, 6) is -1.05. The van der Waals surface area contributed by atoms with Gasteiger partial charge in [-0.3, -0.25) is 0 Å². The highest BCUT2D eigenvalue weighted by Gasteiger charge is 2.35. The van der Waals surface area contributed by atoms with Gasteiger partial charge in [0.25, 0.3) is 0 Å². The molecule has 1 atom stereocenters. The summed E-state index contributed by atoms with van der Waals surface area (Å²) >= 11 is 18.4. The summed E-state index contributed by atoms with van der Waals surface area (Å²) in [6.45, 7) is 2.56. The molecule has 1 aromatic carbocycles. The van der Waals surface area contributed by atoms with Crippen LogP contribution in [0.3, 0.4) is 0 Å². The average Bonchev–Trinajstić information content (AvgIpc) is 2.48. The number of hydrogen-bond acceptors (Lipinski definition) is 3. The zero-order chi connectivity index (χ0) is 17.1. The van der Waals surface area contributed by atoms with Crippen LogP contribution in [0, 0.1) is 0 Å². The van der Waals surface area contributed by atoms with Gasteiger partial charge in [-0.05, 0) is 30.7 Å². The third kappa shape index (κ3) is 3.77. The summed E-state index contributed by atoms with van der Waals surface area (Å²) in [5.41, 5.74) is 7.45. The molecule has 1 aliphatic heterocycles. The van der Waals surface area contributed by atoms with Gasteiger partial charge in [0, 0.05) is 22.8 Å². The molecule has 3 N–H and O–H groups in total. The summed E-state index contributed by atoms with van der Waals surface area (Å²) in [5, 5.41) is 10.6. The van der Waals surface area contributed by atoms with Crippen LogP contribution in [-0.4, -0.2) is 28.6 Å². The molecule has 0 aromatic heterocycles. The summed E-state index contributed by atoms with van der Waals surface area (Å²) < 4.78 is 0. The van der Waals surface area contributed by atoms with Crippen LogP contribution in [0.15, 0.2) is 35.0 Å². The normalized spacial score (nSPS) is 18.2. The third-order valence-corrected chi connectivity index (χ3v) is 4.60. The van der Waals surface area contributed by atoms with E-state index in [0.717, 1.165) is 12.8 Å². The second kappa shape index (κ2) is 7.47. The van der Waals surface area contributed by atoms with Crippen LogP contribution in [0.1, 0.15) is 25.3 Å². The number of unbranched alkanes of at least 4 members (excludes halogenated alkanes) is 1. The first-order chi connectivity index (χ1) is 10.9. The number of aliphatic carboxylic acids is 1. The Bertz CT molecular complexity index is 686. The van der Waals surface area contributed by atoms with Gasteiger partial charge in [0.2, 0.25) is 0 Å². The van der Waals surface area contributed by atoms with E-state index in [1.165, 1.54) is 0 Å². The van der Waals surface area contributed by atoms with Crippen molar-refractivity contribution in [2.45, 2.75) is 25.8 Å². The van der Waals surface area contributed by atoms with Crippen molar-refractivity contribution < 1.29 is 9.90 Å². The highest BCUT2D eigenvalue weighted by Crippen LogP contribution is 2.36. The second-order valence-corrected chi connectivity index (χ2v) is 6.50. The van der Waals surface area contributed by atoms with Gasteiger partial charge in [-0.15, -0.1) is 0 Å². The fourth-order valence-electron chi connectivity index (χ4n) is 2.48. The summed E-state index contributed by atoms with van der Waals surface area (Å²) in [6, 6.07) is 4.05. The summed E-state index contributed by atoms with van der Waals surface area (Å²) in [7, 11) is 0. The number of carboxylic acid groups (broad SMARTS) is 1. The van der Waals surface area contributed by atoms with Crippen molar-refractivity contribution in [1.82, 2.24) is 4.90 Å². The SMILES string of the molecule is CCCCN1C(c2ccc(Cl)cc2Cl)=CC(N)=C(Cl)C1C(=O)O. The van der Waals surface area contributed by atoms with Gasteiger partial charge >= 0.3 is 5.97 Å². The van der Waals surface area contributed by atoms with Gasteiger partial charge in [0.15, 0.2) is 6.04 Å². The topological polar surface area (TPSA) is 66.6 Å². The summed E-state index contributed by atoms with van der Waals surface area (Å²) in [4.78, 5) is 13.4. The number of hydrogen-bond donors (Lipinski definition) is 2. The standard InChI is InChI=1S/C16H17Cl3N2O2/c1-2-3-6-21-13(10-5-4-9(17)7-11(10)18)8-12(20)14(19)15(21)16(22)23/h4-5,7-8,15H,2-3,6,20H2,1H3,(H,22,23). The maximum atomic E-state index is 11.7. The molecule has 124 valence electrons. The Balaban J connectivity index is 2.56. The molecule has 4 nitrogen and oxygen atoms in total. The molecule has 1 heterocycles. The molecular weight excluding hydrogens is 359 g/mol. The van der Waals surface area contributed by atoms with Crippen LogP contribution in [0.2, 0.25) is 10.0 Å². The molecule has 23 heavy (non-hydrogen) atoms. The van der Waals surface area contributed by atoms with Crippen LogP contribution in [-0.2, 0) is 4.79 Å². The molecule has 0 saturated carbocycles. The van der Waals surface area contributed by atoms with E-state index in [0.29, 0.717) is 27.9 Å². The maximum Gasteiger partial charge on any atom is 0.332 e. The predicted molar refractivity (Wildman–Crippen MR) is 94.5 cm³/mol. The number of carboxylic acids is 1. The highest BCUT2D eigenvalue weighted by atomic mass is 35.5. The van der Waals surface area contributed by atoms with E-state index in [1.54, 1.807) is 29.2 Å². The number of rotatable bonds is 5. The number of nitrogens with zero attached hydrogens (tertiary/aromatic N) is 1. The fraction of sp³-hybridized carbons (Fsp3) is 0.312. The number of benzene rings is 1. The van der Waals surface area contributed by atoms with Gasteiger partial charge in [0.1, 0.15) is 0 Å². The quantitative estimate of drug-likeness (QED) is 0.804. The first kappa shape index (κ1) is 18.0. The second-order valence-electron chi connectivity index (χ2n) is 5.24. The molecule has 0 bridgehead atoms. The van der Waals surface area contributed by atoms with E-state index in [9.17, 15) is 9.90 Å². The number of carbonyl (C=O) groups is 1. The zero-order valence-electron chi connectivity index (χ0n) is 12.5. The highest BCUT2D eigenvalue weighted by molar-refractivity contribution is 6.36. The Kier molecular flexibility index (Phi) is 5.84. The van der Waals surface area contributed by atoms with Crippen LogP contribution in [0.25, 0.3) is 5.70 Å². The smallest absolute Gasteiger partial charge is 0.332 e. The Hall–Kier alpha value is -1.36. The number of allylic oxidation sites excluding steroid dienone is 1. The van der Waals surface area contributed by atoms with Gasteiger partial charge < -0.3 is 15.7 Å².